The van der Waals surface area contributed by atoms with E-state index in [-0.39, 0.29) is 29.6 Å². The van der Waals surface area contributed by atoms with Crippen LogP contribution < -0.4 is 4.90 Å². The van der Waals surface area contributed by atoms with E-state index in [1.54, 1.807) is 42.0 Å². The Balaban J connectivity index is 1.37. The Morgan fingerprint density at radius 2 is 1.70 bits per heavy atom. The largest absolute Gasteiger partial charge is 0.450 e. The summed E-state index contributed by atoms with van der Waals surface area (Å²) in [6, 6.07) is 11.1. The molecule has 0 spiro atoms. The number of rotatable bonds is 7. The van der Waals surface area contributed by atoms with Crippen molar-refractivity contribution >= 4 is 17.7 Å². The highest BCUT2D eigenvalue weighted by Crippen LogP contribution is 2.39. The van der Waals surface area contributed by atoms with Crippen LogP contribution in [0.25, 0.3) is 0 Å². The molecule has 2 aliphatic rings. The monoisotopic (exact) mass is 513 g/mol. The first kappa shape index (κ1) is 27.0. The zero-order valence-corrected chi connectivity index (χ0v) is 21.8. The van der Waals surface area contributed by atoms with Gasteiger partial charge in [0.15, 0.2) is 0 Å². The SMILES string of the molecule is CCOC(=O)N(C)CCC1CCN(CC(=O)N2CCCC(c3ccc(F)cc3)c3ccc(F)cc32)CC1. The molecule has 1 fully saturated rings. The third kappa shape index (κ3) is 6.86. The summed E-state index contributed by atoms with van der Waals surface area (Å²) in [4.78, 5) is 30.8. The second kappa shape index (κ2) is 12.5. The molecule has 4 rings (SSSR count). The number of hydrogen-bond acceptors (Lipinski definition) is 4. The molecule has 37 heavy (non-hydrogen) atoms. The lowest BCUT2D eigenvalue weighted by molar-refractivity contribution is -0.120. The van der Waals surface area contributed by atoms with Gasteiger partial charge in [-0.15, -0.1) is 0 Å². The zero-order chi connectivity index (χ0) is 26.4. The second-order valence-corrected chi connectivity index (χ2v) is 10.1. The molecule has 1 unspecified atom stereocenters. The van der Waals surface area contributed by atoms with E-state index in [0.717, 1.165) is 56.3 Å². The topological polar surface area (TPSA) is 53.1 Å². The van der Waals surface area contributed by atoms with Gasteiger partial charge in [0.2, 0.25) is 5.91 Å². The zero-order valence-electron chi connectivity index (χ0n) is 21.8. The average molecular weight is 514 g/mol. The first-order chi connectivity index (χ1) is 17.9. The van der Waals surface area contributed by atoms with Crippen LogP contribution in [0.2, 0.25) is 0 Å². The van der Waals surface area contributed by atoms with Crippen LogP contribution in [-0.2, 0) is 9.53 Å². The molecular formula is C29H37F2N3O3. The molecule has 0 N–H and O–H groups in total. The van der Waals surface area contributed by atoms with E-state index >= 15 is 0 Å². The van der Waals surface area contributed by atoms with Gasteiger partial charge in [-0.25, -0.2) is 13.6 Å². The molecule has 2 amide bonds. The first-order valence-electron chi connectivity index (χ1n) is 13.3. The molecular weight excluding hydrogens is 476 g/mol. The third-order valence-corrected chi connectivity index (χ3v) is 7.62. The number of amides is 2. The Morgan fingerprint density at radius 1 is 1.00 bits per heavy atom. The number of nitrogens with zero attached hydrogens (tertiary/aromatic N) is 3. The number of ether oxygens (including phenoxy) is 1. The molecule has 0 radical (unpaired) electrons. The molecule has 1 atom stereocenters. The average Bonchev–Trinajstić information content (AvgIpc) is 3.08. The van der Waals surface area contributed by atoms with Crippen LogP contribution in [0, 0.1) is 17.6 Å². The highest BCUT2D eigenvalue weighted by Gasteiger charge is 2.30. The molecule has 1 saturated heterocycles. The highest BCUT2D eigenvalue weighted by molar-refractivity contribution is 5.96. The molecule has 2 aromatic rings. The van der Waals surface area contributed by atoms with Gasteiger partial charge in [0.25, 0.3) is 0 Å². The second-order valence-electron chi connectivity index (χ2n) is 10.1. The molecule has 0 bridgehead atoms. The van der Waals surface area contributed by atoms with Gasteiger partial charge < -0.3 is 14.5 Å². The van der Waals surface area contributed by atoms with Crippen LogP contribution in [0.15, 0.2) is 42.5 Å². The molecule has 0 aromatic heterocycles. The Bertz CT molecular complexity index is 1070. The van der Waals surface area contributed by atoms with Gasteiger partial charge in [-0.2, -0.15) is 0 Å². The number of benzene rings is 2. The van der Waals surface area contributed by atoms with E-state index in [0.29, 0.717) is 37.8 Å². The maximum Gasteiger partial charge on any atom is 0.409 e. The first-order valence-corrected chi connectivity index (χ1v) is 13.3. The van der Waals surface area contributed by atoms with Crippen LogP contribution in [0.5, 0.6) is 0 Å². The lowest BCUT2D eigenvalue weighted by atomic mass is 9.87. The van der Waals surface area contributed by atoms with Crippen LogP contribution in [0.4, 0.5) is 19.3 Å². The Morgan fingerprint density at radius 3 is 2.41 bits per heavy atom. The predicted molar refractivity (Wildman–Crippen MR) is 140 cm³/mol. The summed E-state index contributed by atoms with van der Waals surface area (Å²) in [6.07, 6.45) is 4.16. The lowest BCUT2D eigenvalue weighted by Gasteiger charge is -2.34. The summed E-state index contributed by atoms with van der Waals surface area (Å²) < 4.78 is 32.9. The van der Waals surface area contributed by atoms with Crippen molar-refractivity contribution in [3.63, 3.8) is 0 Å². The highest BCUT2D eigenvalue weighted by atomic mass is 19.1. The molecule has 8 heteroatoms. The van der Waals surface area contributed by atoms with Gasteiger partial charge in [-0.05, 0) is 93.4 Å². The van der Waals surface area contributed by atoms with Gasteiger partial charge in [0.05, 0.1) is 18.8 Å². The van der Waals surface area contributed by atoms with Crippen LogP contribution in [-0.4, -0.2) is 68.2 Å². The molecule has 200 valence electrons. The standard InChI is InChI=1S/C29H37F2N3O3/c1-3-37-29(36)32(2)16-12-21-13-17-33(18-14-21)20-28(35)34-15-4-5-25(22-6-8-23(30)9-7-22)26-11-10-24(31)19-27(26)34/h6-11,19,21,25H,3-5,12-18,20H2,1-2H3. The van der Waals surface area contributed by atoms with E-state index in [2.05, 4.69) is 4.90 Å². The number of fused-ring (bicyclic) bond motifs is 1. The summed E-state index contributed by atoms with van der Waals surface area (Å²) in [6.45, 7) is 5.30. The van der Waals surface area contributed by atoms with Crippen molar-refractivity contribution in [1.82, 2.24) is 9.80 Å². The quantitative estimate of drug-likeness (QED) is 0.497. The summed E-state index contributed by atoms with van der Waals surface area (Å²) in [5.74, 6) is -0.189. The minimum Gasteiger partial charge on any atom is -0.450 e. The summed E-state index contributed by atoms with van der Waals surface area (Å²) >= 11 is 0. The van der Waals surface area contributed by atoms with E-state index in [9.17, 15) is 18.4 Å². The van der Waals surface area contributed by atoms with Crippen LogP contribution in [0.3, 0.4) is 0 Å². The number of carbonyl (C=O) groups excluding carboxylic acids is 2. The van der Waals surface area contributed by atoms with Gasteiger partial charge >= 0.3 is 6.09 Å². The van der Waals surface area contributed by atoms with Crippen molar-refractivity contribution in [2.24, 2.45) is 5.92 Å². The van der Waals surface area contributed by atoms with Gasteiger partial charge in [-0.3, -0.25) is 9.69 Å². The van der Waals surface area contributed by atoms with Crippen molar-refractivity contribution in [3.05, 3.63) is 65.2 Å². The van der Waals surface area contributed by atoms with Gasteiger partial charge in [-0.1, -0.05) is 18.2 Å². The maximum absolute atomic E-state index is 14.3. The van der Waals surface area contributed by atoms with Crippen LogP contribution >= 0.6 is 0 Å². The Labute approximate surface area is 218 Å². The molecule has 0 saturated carbocycles. The Kier molecular flexibility index (Phi) is 9.14. The van der Waals surface area contributed by atoms with E-state index in [4.69, 9.17) is 4.74 Å². The van der Waals surface area contributed by atoms with Crippen molar-refractivity contribution in [2.45, 2.75) is 44.9 Å². The van der Waals surface area contributed by atoms with Crippen molar-refractivity contribution in [2.75, 3.05) is 51.3 Å². The fraction of sp³-hybridized carbons (Fsp3) is 0.517. The number of likely N-dealkylation sites (tertiary alicyclic amines) is 1. The minimum absolute atomic E-state index is 0.0162. The van der Waals surface area contributed by atoms with Crippen molar-refractivity contribution in [3.8, 4) is 0 Å². The van der Waals surface area contributed by atoms with Crippen molar-refractivity contribution in [1.29, 1.82) is 0 Å². The number of hydrogen-bond donors (Lipinski definition) is 0. The number of piperidine rings is 1. The van der Waals surface area contributed by atoms with E-state index < -0.39 is 0 Å². The van der Waals surface area contributed by atoms with E-state index in [1.165, 1.54) is 24.3 Å². The normalized spacial score (nSPS) is 18.7. The molecule has 2 heterocycles. The Hall–Kier alpha value is -3.00. The predicted octanol–water partition coefficient (Wildman–Crippen LogP) is 5.41. The maximum atomic E-state index is 14.3. The molecule has 0 aliphatic carbocycles. The molecule has 6 nitrogen and oxygen atoms in total. The number of halogens is 2. The third-order valence-electron chi connectivity index (χ3n) is 7.62. The fourth-order valence-corrected chi connectivity index (χ4v) is 5.49. The lowest BCUT2D eigenvalue weighted by Crippen LogP contribution is -2.44. The summed E-state index contributed by atoms with van der Waals surface area (Å²) in [7, 11) is 1.76. The number of anilines is 1. The van der Waals surface area contributed by atoms with E-state index in [1.807, 2.05) is 0 Å². The summed E-state index contributed by atoms with van der Waals surface area (Å²) in [5, 5.41) is 0. The van der Waals surface area contributed by atoms with Gasteiger partial charge in [0.1, 0.15) is 11.6 Å². The minimum atomic E-state index is -0.370. The molecule has 2 aromatic carbocycles. The number of carbonyl (C=O) groups is 2. The van der Waals surface area contributed by atoms with Crippen LogP contribution in [0.1, 0.15) is 56.1 Å². The van der Waals surface area contributed by atoms with Crippen molar-refractivity contribution < 1.29 is 23.1 Å². The molecule has 2 aliphatic heterocycles. The smallest absolute Gasteiger partial charge is 0.409 e. The summed E-state index contributed by atoms with van der Waals surface area (Å²) in [5.41, 5.74) is 2.50. The fourth-order valence-electron chi connectivity index (χ4n) is 5.49. The van der Waals surface area contributed by atoms with Gasteiger partial charge in [0, 0.05) is 26.1 Å².